The van der Waals surface area contributed by atoms with Crippen LogP contribution in [0.4, 0.5) is 0 Å². The van der Waals surface area contributed by atoms with Gasteiger partial charge in [0.05, 0.1) is 33.3 Å². The van der Waals surface area contributed by atoms with E-state index >= 15 is 0 Å². The molecular formula is C48H30N4. The zero-order valence-electron chi connectivity index (χ0n) is 28.1. The van der Waals surface area contributed by atoms with Gasteiger partial charge in [0, 0.05) is 49.4 Å². The normalized spacial score (nSPS) is 11.8. The summed E-state index contributed by atoms with van der Waals surface area (Å²) < 4.78 is 4.72. The number of hydrogen-bond acceptors (Lipinski definition) is 2. The molecule has 0 fully saturated rings. The van der Waals surface area contributed by atoms with Crippen molar-refractivity contribution in [1.29, 1.82) is 0 Å². The zero-order valence-corrected chi connectivity index (χ0v) is 28.1. The fourth-order valence-corrected chi connectivity index (χ4v) is 8.09. The Bertz CT molecular complexity index is 3170. The van der Waals surface area contributed by atoms with Crippen molar-refractivity contribution in [3.8, 4) is 34.0 Å². The Hall–Kier alpha value is -7.04. The first-order chi connectivity index (χ1) is 25.8. The summed E-state index contributed by atoms with van der Waals surface area (Å²) in [5.74, 6) is 0.713. The first-order valence-corrected chi connectivity index (χ1v) is 17.7. The standard InChI is InChI=1S/C48H30N4/c1-2-14-35(15-3-1)51-43-20-10-7-16-37(43)40-29-34(24-27-45(40)51)48-49-42-19-9-6-18-39(42)47(50-48)31-22-25-36(26-23-31)52-44-21-11-8-17-38(44)41-28-32-12-4-5-13-33(32)30-46(41)52/h1-30H. The largest absolute Gasteiger partial charge is 0.309 e. The van der Waals surface area contributed by atoms with E-state index in [1.807, 2.05) is 0 Å². The van der Waals surface area contributed by atoms with Crippen LogP contribution in [0.1, 0.15) is 0 Å². The van der Waals surface area contributed by atoms with Gasteiger partial charge in [0.15, 0.2) is 5.82 Å². The maximum absolute atomic E-state index is 5.29. The average Bonchev–Trinajstić information content (AvgIpc) is 3.72. The van der Waals surface area contributed by atoms with E-state index in [0.29, 0.717) is 5.82 Å². The van der Waals surface area contributed by atoms with Crippen LogP contribution in [0, 0.1) is 0 Å². The second-order valence-electron chi connectivity index (χ2n) is 13.4. The number of aromatic nitrogens is 4. The lowest BCUT2D eigenvalue weighted by Crippen LogP contribution is -1.97. The van der Waals surface area contributed by atoms with Gasteiger partial charge >= 0.3 is 0 Å². The fraction of sp³-hybridized carbons (Fsp3) is 0. The van der Waals surface area contributed by atoms with Crippen molar-refractivity contribution >= 4 is 65.3 Å². The quantitative estimate of drug-likeness (QED) is 0.188. The third-order valence-electron chi connectivity index (χ3n) is 10.5. The fourth-order valence-electron chi connectivity index (χ4n) is 8.09. The van der Waals surface area contributed by atoms with Crippen molar-refractivity contribution in [2.75, 3.05) is 0 Å². The van der Waals surface area contributed by atoms with Crippen molar-refractivity contribution in [2.45, 2.75) is 0 Å². The minimum Gasteiger partial charge on any atom is -0.309 e. The van der Waals surface area contributed by atoms with Gasteiger partial charge in [-0.15, -0.1) is 0 Å². The molecule has 11 rings (SSSR count). The Morgan fingerprint density at radius 3 is 1.62 bits per heavy atom. The molecule has 8 aromatic carbocycles. The Kier molecular flexibility index (Phi) is 6.22. The van der Waals surface area contributed by atoms with Crippen LogP contribution in [0.5, 0.6) is 0 Å². The molecular weight excluding hydrogens is 633 g/mol. The van der Waals surface area contributed by atoms with Crippen LogP contribution in [0.2, 0.25) is 0 Å². The van der Waals surface area contributed by atoms with Crippen molar-refractivity contribution in [3.05, 3.63) is 182 Å². The molecule has 0 aliphatic heterocycles. The summed E-state index contributed by atoms with van der Waals surface area (Å²) in [4.78, 5) is 10.4. The lowest BCUT2D eigenvalue weighted by Gasteiger charge is -2.12. The third-order valence-corrected chi connectivity index (χ3v) is 10.5. The number of hydrogen-bond donors (Lipinski definition) is 0. The third kappa shape index (κ3) is 4.34. The maximum Gasteiger partial charge on any atom is 0.160 e. The second-order valence-corrected chi connectivity index (χ2v) is 13.4. The van der Waals surface area contributed by atoms with Gasteiger partial charge < -0.3 is 9.13 Å². The number of benzene rings is 8. The Balaban J connectivity index is 1.06. The van der Waals surface area contributed by atoms with E-state index in [4.69, 9.17) is 9.97 Å². The molecule has 0 radical (unpaired) electrons. The van der Waals surface area contributed by atoms with Crippen LogP contribution in [0.3, 0.4) is 0 Å². The topological polar surface area (TPSA) is 35.6 Å². The molecule has 0 saturated heterocycles. The molecule has 4 heteroatoms. The van der Waals surface area contributed by atoms with Crippen molar-refractivity contribution in [1.82, 2.24) is 19.1 Å². The second kappa shape index (κ2) is 11.2. The first kappa shape index (κ1) is 28.8. The van der Waals surface area contributed by atoms with E-state index in [2.05, 4.69) is 191 Å². The summed E-state index contributed by atoms with van der Waals surface area (Å²) in [7, 11) is 0. The highest BCUT2D eigenvalue weighted by molar-refractivity contribution is 6.14. The van der Waals surface area contributed by atoms with Gasteiger partial charge in [0.25, 0.3) is 0 Å². The highest BCUT2D eigenvalue weighted by Gasteiger charge is 2.17. The molecule has 3 heterocycles. The summed E-state index contributed by atoms with van der Waals surface area (Å²) in [5.41, 5.74) is 10.9. The van der Waals surface area contributed by atoms with Gasteiger partial charge in [0.2, 0.25) is 0 Å². The molecule has 0 saturated carbocycles. The van der Waals surface area contributed by atoms with Gasteiger partial charge in [-0.2, -0.15) is 0 Å². The van der Waals surface area contributed by atoms with Crippen LogP contribution < -0.4 is 0 Å². The van der Waals surface area contributed by atoms with E-state index in [0.717, 1.165) is 44.6 Å². The minimum atomic E-state index is 0.713. The summed E-state index contributed by atoms with van der Waals surface area (Å²) in [6.45, 7) is 0. The molecule has 0 aliphatic rings. The smallest absolute Gasteiger partial charge is 0.160 e. The average molecular weight is 663 g/mol. The summed E-state index contributed by atoms with van der Waals surface area (Å²) in [5, 5.41) is 8.41. The Morgan fingerprint density at radius 1 is 0.327 bits per heavy atom. The minimum absolute atomic E-state index is 0.713. The predicted molar refractivity (Wildman–Crippen MR) is 217 cm³/mol. The van der Waals surface area contributed by atoms with Gasteiger partial charge in [-0.1, -0.05) is 109 Å². The summed E-state index contributed by atoms with van der Waals surface area (Å²) in [6, 6.07) is 64.9. The molecule has 0 bridgehead atoms. The van der Waals surface area contributed by atoms with E-state index in [1.165, 1.54) is 48.9 Å². The van der Waals surface area contributed by atoms with Gasteiger partial charge in [-0.3, -0.25) is 0 Å². The van der Waals surface area contributed by atoms with Crippen molar-refractivity contribution in [2.24, 2.45) is 0 Å². The Morgan fingerprint density at radius 2 is 0.865 bits per heavy atom. The van der Waals surface area contributed by atoms with E-state index in [-0.39, 0.29) is 0 Å². The number of rotatable bonds is 4. The van der Waals surface area contributed by atoms with Gasteiger partial charge in [-0.05, 0) is 83.6 Å². The highest BCUT2D eigenvalue weighted by atomic mass is 15.0. The highest BCUT2D eigenvalue weighted by Crippen LogP contribution is 2.38. The lowest BCUT2D eigenvalue weighted by molar-refractivity contribution is 1.18. The molecule has 4 nitrogen and oxygen atoms in total. The maximum atomic E-state index is 5.29. The van der Waals surface area contributed by atoms with Gasteiger partial charge in [0.1, 0.15) is 0 Å². The first-order valence-electron chi connectivity index (χ1n) is 17.7. The lowest BCUT2D eigenvalue weighted by atomic mass is 10.0. The number of para-hydroxylation sites is 4. The van der Waals surface area contributed by atoms with E-state index < -0.39 is 0 Å². The van der Waals surface area contributed by atoms with Crippen molar-refractivity contribution in [3.63, 3.8) is 0 Å². The van der Waals surface area contributed by atoms with Crippen LogP contribution >= 0.6 is 0 Å². The van der Waals surface area contributed by atoms with Crippen molar-refractivity contribution < 1.29 is 0 Å². The van der Waals surface area contributed by atoms with E-state index in [1.54, 1.807) is 0 Å². The molecule has 11 aromatic rings. The van der Waals surface area contributed by atoms with Gasteiger partial charge in [-0.25, -0.2) is 9.97 Å². The van der Waals surface area contributed by atoms with Crippen LogP contribution in [-0.4, -0.2) is 19.1 Å². The van der Waals surface area contributed by atoms with Crippen LogP contribution in [0.25, 0.3) is 99.3 Å². The summed E-state index contributed by atoms with van der Waals surface area (Å²) >= 11 is 0. The molecule has 242 valence electrons. The number of fused-ring (bicyclic) bond motifs is 8. The molecule has 0 aliphatic carbocycles. The SMILES string of the molecule is c1ccc(-n2c3ccccc3c3cc(-c4nc(-c5ccc(-n6c7ccccc7c7cc8ccccc8cc76)cc5)c5ccccc5n4)ccc32)cc1. The van der Waals surface area contributed by atoms with Crippen LogP contribution in [0.15, 0.2) is 182 Å². The van der Waals surface area contributed by atoms with Crippen LogP contribution in [-0.2, 0) is 0 Å². The number of nitrogens with zero attached hydrogens (tertiary/aromatic N) is 4. The molecule has 0 N–H and O–H groups in total. The molecule has 0 atom stereocenters. The molecule has 52 heavy (non-hydrogen) atoms. The summed E-state index contributed by atoms with van der Waals surface area (Å²) in [6.07, 6.45) is 0. The predicted octanol–water partition coefficient (Wildman–Crippen LogP) is 12.3. The molecule has 0 amide bonds. The monoisotopic (exact) mass is 662 g/mol. The molecule has 3 aromatic heterocycles. The molecule has 0 spiro atoms. The zero-order chi connectivity index (χ0) is 34.2. The molecule has 0 unspecified atom stereocenters. The van der Waals surface area contributed by atoms with E-state index in [9.17, 15) is 0 Å². The Labute approximate surface area is 299 Å².